The van der Waals surface area contributed by atoms with Crippen LogP contribution in [0.5, 0.6) is 0 Å². The molecule has 0 aliphatic carbocycles. The fourth-order valence-corrected chi connectivity index (χ4v) is 2.86. The molecule has 0 aromatic heterocycles. The van der Waals surface area contributed by atoms with Gasteiger partial charge in [0.15, 0.2) is 0 Å². The number of nitrogens with zero attached hydrogens (tertiary/aromatic N) is 1. The molecule has 0 N–H and O–H groups in total. The minimum Gasteiger partial charge on any atom is -0.299 e. The highest BCUT2D eigenvalue weighted by molar-refractivity contribution is 5.77. The Morgan fingerprint density at radius 1 is 0.950 bits per heavy atom. The summed E-state index contributed by atoms with van der Waals surface area (Å²) in [5.41, 5.74) is 4.56. The van der Waals surface area contributed by atoms with Gasteiger partial charge in [-0.15, -0.1) is 0 Å². The second-order valence-electron chi connectivity index (χ2n) is 5.38. The molecule has 0 bridgehead atoms. The van der Waals surface area contributed by atoms with Gasteiger partial charge >= 0.3 is 0 Å². The Balaban J connectivity index is 1.89. The zero-order valence-electron chi connectivity index (χ0n) is 11.6. The van der Waals surface area contributed by atoms with E-state index in [9.17, 15) is 4.79 Å². The van der Waals surface area contributed by atoms with Crippen LogP contribution in [0.15, 0.2) is 48.5 Å². The summed E-state index contributed by atoms with van der Waals surface area (Å²) in [6.07, 6.45) is 3.52. The van der Waals surface area contributed by atoms with Crippen LogP contribution in [-0.2, 0) is 6.54 Å². The molecule has 3 rings (SSSR count). The Kier molecular flexibility index (Phi) is 3.93. The zero-order valence-corrected chi connectivity index (χ0v) is 11.6. The lowest BCUT2D eigenvalue weighted by molar-refractivity contribution is 0.112. The van der Waals surface area contributed by atoms with Crippen LogP contribution in [0.2, 0.25) is 0 Å². The van der Waals surface area contributed by atoms with Gasteiger partial charge in [-0.05, 0) is 42.6 Å². The molecule has 1 aliphatic heterocycles. The molecule has 102 valence electrons. The lowest BCUT2D eigenvalue weighted by Gasteiger charge is -2.17. The first-order valence-corrected chi connectivity index (χ1v) is 7.23. The molecule has 0 amide bonds. The van der Waals surface area contributed by atoms with E-state index in [1.54, 1.807) is 0 Å². The number of likely N-dealkylation sites (tertiary alicyclic amines) is 1. The summed E-state index contributed by atoms with van der Waals surface area (Å²) in [6, 6.07) is 16.4. The second kappa shape index (κ2) is 6.02. The highest BCUT2D eigenvalue weighted by Gasteiger charge is 2.14. The van der Waals surface area contributed by atoms with Crippen LogP contribution in [0.25, 0.3) is 11.1 Å². The zero-order chi connectivity index (χ0) is 13.8. The van der Waals surface area contributed by atoms with E-state index < -0.39 is 0 Å². The van der Waals surface area contributed by atoms with Crippen LogP contribution >= 0.6 is 0 Å². The molecule has 2 nitrogen and oxygen atoms in total. The highest BCUT2D eigenvalue weighted by atomic mass is 16.1. The number of carbonyl (C=O) groups excluding carboxylic acids is 1. The summed E-state index contributed by atoms with van der Waals surface area (Å²) in [7, 11) is 0. The summed E-state index contributed by atoms with van der Waals surface area (Å²) in [5, 5.41) is 0. The summed E-state index contributed by atoms with van der Waals surface area (Å²) >= 11 is 0. The number of aldehydes is 1. The molecule has 1 fully saturated rings. The summed E-state index contributed by atoms with van der Waals surface area (Å²) in [4.78, 5) is 13.3. The van der Waals surface area contributed by atoms with E-state index in [1.807, 2.05) is 24.3 Å². The molecule has 0 saturated carbocycles. The van der Waals surface area contributed by atoms with Crippen molar-refractivity contribution in [1.29, 1.82) is 0 Å². The van der Waals surface area contributed by atoms with Crippen LogP contribution in [-0.4, -0.2) is 24.3 Å². The van der Waals surface area contributed by atoms with Crippen molar-refractivity contribution in [1.82, 2.24) is 4.90 Å². The molecule has 0 spiro atoms. The average Bonchev–Trinajstić information content (AvgIpc) is 3.01. The highest BCUT2D eigenvalue weighted by Crippen LogP contribution is 2.26. The monoisotopic (exact) mass is 265 g/mol. The van der Waals surface area contributed by atoms with Crippen molar-refractivity contribution in [3.63, 3.8) is 0 Å². The van der Waals surface area contributed by atoms with Gasteiger partial charge in [0.05, 0.1) is 0 Å². The van der Waals surface area contributed by atoms with Crippen LogP contribution in [0.1, 0.15) is 28.8 Å². The van der Waals surface area contributed by atoms with Crippen LogP contribution in [0.3, 0.4) is 0 Å². The number of rotatable bonds is 4. The van der Waals surface area contributed by atoms with E-state index in [0.29, 0.717) is 0 Å². The number of hydrogen-bond donors (Lipinski definition) is 0. The van der Waals surface area contributed by atoms with Gasteiger partial charge in [-0.2, -0.15) is 0 Å². The minimum atomic E-state index is 0.728. The third kappa shape index (κ3) is 2.81. The predicted octanol–water partition coefficient (Wildman–Crippen LogP) is 3.76. The number of benzene rings is 2. The smallest absolute Gasteiger partial charge is 0.150 e. The maximum Gasteiger partial charge on any atom is 0.150 e. The van der Waals surface area contributed by atoms with Gasteiger partial charge in [0.2, 0.25) is 0 Å². The maximum absolute atomic E-state index is 10.7. The van der Waals surface area contributed by atoms with E-state index in [-0.39, 0.29) is 0 Å². The first-order chi connectivity index (χ1) is 9.86. The van der Waals surface area contributed by atoms with E-state index in [4.69, 9.17) is 0 Å². The largest absolute Gasteiger partial charge is 0.299 e. The molecule has 1 saturated heterocycles. The minimum absolute atomic E-state index is 0.728. The van der Waals surface area contributed by atoms with Crippen molar-refractivity contribution in [2.45, 2.75) is 19.4 Å². The first kappa shape index (κ1) is 13.1. The van der Waals surface area contributed by atoms with E-state index in [0.717, 1.165) is 18.4 Å². The maximum atomic E-state index is 10.7. The molecule has 20 heavy (non-hydrogen) atoms. The van der Waals surface area contributed by atoms with Crippen molar-refractivity contribution in [2.75, 3.05) is 13.1 Å². The molecule has 1 aliphatic rings. The van der Waals surface area contributed by atoms with Gasteiger partial charge in [0.25, 0.3) is 0 Å². The van der Waals surface area contributed by atoms with Gasteiger partial charge in [-0.1, -0.05) is 48.5 Å². The van der Waals surface area contributed by atoms with Gasteiger partial charge in [-0.25, -0.2) is 0 Å². The molecular weight excluding hydrogens is 246 g/mol. The fourth-order valence-electron chi connectivity index (χ4n) is 2.86. The normalized spacial score (nSPS) is 15.4. The van der Waals surface area contributed by atoms with Gasteiger partial charge in [0.1, 0.15) is 6.29 Å². The molecule has 0 unspecified atom stereocenters. The SMILES string of the molecule is O=Cc1ccc(-c2ccccc2CN2CCCC2)cc1. The van der Waals surface area contributed by atoms with Crippen LogP contribution in [0, 0.1) is 0 Å². The van der Waals surface area contributed by atoms with Crippen molar-refractivity contribution in [2.24, 2.45) is 0 Å². The van der Waals surface area contributed by atoms with Crippen molar-refractivity contribution >= 4 is 6.29 Å². The lowest BCUT2D eigenvalue weighted by atomic mass is 9.98. The Labute approximate surface area is 120 Å². The van der Waals surface area contributed by atoms with Crippen molar-refractivity contribution in [3.05, 3.63) is 59.7 Å². The Hall–Kier alpha value is -1.93. The Bertz CT molecular complexity index is 583. The molecule has 2 aromatic carbocycles. The fraction of sp³-hybridized carbons (Fsp3) is 0.278. The van der Waals surface area contributed by atoms with E-state index >= 15 is 0 Å². The first-order valence-electron chi connectivity index (χ1n) is 7.23. The third-order valence-corrected chi connectivity index (χ3v) is 3.97. The summed E-state index contributed by atoms with van der Waals surface area (Å²) in [5.74, 6) is 0. The summed E-state index contributed by atoms with van der Waals surface area (Å²) < 4.78 is 0. The average molecular weight is 265 g/mol. The molecule has 0 radical (unpaired) electrons. The molecule has 2 aromatic rings. The quantitative estimate of drug-likeness (QED) is 0.784. The van der Waals surface area contributed by atoms with Crippen LogP contribution < -0.4 is 0 Å². The molecular formula is C18H19NO. The Morgan fingerprint density at radius 3 is 2.35 bits per heavy atom. The number of hydrogen-bond acceptors (Lipinski definition) is 2. The molecule has 2 heteroatoms. The van der Waals surface area contributed by atoms with Crippen LogP contribution in [0.4, 0.5) is 0 Å². The second-order valence-corrected chi connectivity index (χ2v) is 5.38. The van der Waals surface area contributed by atoms with E-state index in [2.05, 4.69) is 29.2 Å². The van der Waals surface area contributed by atoms with Gasteiger partial charge in [-0.3, -0.25) is 9.69 Å². The van der Waals surface area contributed by atoms with Gasteiger partial charge < -0.3 is 0 Å². The van der Waals surface area contributed by atoms with Crippen molar-refractivity contribution < 1.29 is 4.79 Å². The molecule has 1 heterocycles. The molecule has 0 atom stereocenters. The van der Waals surface area contributed by atoms with Crippen molar-refractivity contribution in [3.8, 4) is 11.1 Å². The third-order valence-electron chi connectivity index (χ3n) is 3.97. The Morgan fingerprint density at radius 2 is 1.65 bits per heavy atom. The lowest BCUT2D eigenvalue weighted by Crippen LogP contribution is -2.18. The standard InChI is InChI=1S/C18H19NO/c20-14-15-7-9-16(10-8-15)18-6-2-1-5-17(18)13-19-11-3-4-12-19/h1-2,5-10,14H,3-4,11-13H2. The topological polar surface area (TPSA) is 20.3 Å². The van der Waals surface area contributed by atoms with Gasteiger partial charge in [0, 0.05) is 12.1 Å². The summed E-state index contributed by atoms with van der Waals surface area (Å²) in [6.45, 7) is 3.43. The number of carbonyl (C=O) groups is 1. The van der Waals surface area contributed by atoms with E-state index in [1.165, 1.54) is 42.6 Å². The predicted molar refractivity (Wildman–Crippen MR) is 81.8 cm³/mol.